The maximum absolute atomic E-state index is 12.0. The second kappa shape index (κ2) is 2.94. The Morgan fingerprint density at radius 3 is 2.58 bits per heavy atom. The van der Waals surface area contributed by atoms with Crippen LogP contribution in [0.5, 0.6) is 0 Å². The van der Waals surface area contributed by atoms with Crippen molar-refractivity contribution in [2.75, 3.05) is 5.43 Å². The van der Waals surface area contributed by atoms with E-state index in [1.807, 2.05) is 5.43 Å². The van der Waals surface area contributed by atoms with Crippen LogP contribution >= 0.6 is 0 Å². The van der Waals surface area contributed by atoms with Crippen molar-refractivity contribution in [3.05, 3.63) is 17.8 Å². The lowest BCUT2D eigenvalue weighted by Gasteiger charge is -2.05. The maximum Gasteiger partial charge on any atom is 0.418 e. The topological polar surface area (TPSA) is 63.8 Å². The van der Waals surface area contributed by atoms with Gasteiger partial charge in [0, 0.05) is 0 Å². The molecule has 1 rings (SSSR count). The van der Waals surface area contributed by atoms with Crippen molar-refractivity contribution in [2.24, 2.45) is 5.84 Å². The summed E-state index contributed by atoms with van der Waals surface area (Å²) in [5.41, 5.74) is 1.08. The van der Waals surface area contributed by atoms with Crippen molar-refractivity contribution < 1.29 is 13.2 Å². The molecule has 0 saturated carbocycles. The molecule has 0 radical (unpaired) electrons. The van der Waals surface area contributed by atoms with Crippen LogP contribution in [0.2, 0.25) is 0 Å². The summed E-state index contributed by atoms with van der Waals surface area (Å²) in [4.78, 5) is 0. The zero-order valence-electron chi connectivity index (χ0n) is 5.76. The molecule has 66 valence electrons. The fraction of sp³-hybridized carbons (Fsp3) is 0.200. The molecule has 12 heavy (non-hydrogen) atoms. The predicted molar refractivity (Wildman–Crippen MR) is 34.8 cm³/mol. The summed E-state index contributed by atoms with van der Waals surface area (Å²) in [6.07, 6.45) is -3.79. The summed E-state index contributed by atoms with van der Waals surface area (Å²) in [6.45, 7) is 0. The number of aromatic nitrogens is 2. The van der Waals surface area contributed by atoms with Gasteiger partial charge in [-0.15, -0.1) is 5.10 Å². The zero-order chi connectivity index (χ0) is 9.19. The van der Waals surface area contributed by atoms with E-state index in [9.17, 15) is 13.2 Å². The van der Waals surface area contributed by atoms with Gasteiger partial charge in [0.05, 0.1) is 11.8 Å². The number of anilines is 1. The van der Waals surface area contributed by atoms with Gasteiger partial charge in [0.15, 0.2) is 5.82 Å². The number of nitrogens with zero attached hydrogens (tertiary/aromatic N) is 2. The van der Waals surface area contributed by atoms with Crippen molar-refractivity contribution >= 4 is 5.82 Å². The van der Waals surface area contributed by atoms with Gasteiger partial charge in [-0.3, -0.25) is 0 Å². The third-order valence-corrected chi connectivity index (χ3v) is 1.13. The second-order valence-electron chi connectivity index (χ2n) is 1.97. The number of rotatable bonds is 1. The molecule has 7 heteroatoms. The molecule has 1 heterocycles. The van der Waals surface area contributed by atoms with Gasteiger partial charge in [-0.1, -0.05) is 0 Å². The van der Waals surface area contributed by atoms with Crippen LogP contribution in [0.15, 0.2) is 12.3 Å². The fourth-order valence-electron chi connectivity index (χ4n) is 0.592. The first-order valence-electron chi connectivity index (χ1n) is 2.90. The minimum Gasteiger partial charge on any atom is -0.307 e. The smallest absolute Gasteiger partial charge is 0.307 e. The Labute approximate surface area is 65.6 Å². The summed E-state index contributed by atoms with van der Waals surface area (Å²) < 4.78 is 35.9. The highest BCUT2D eigenvalue weighted by atomic mass is 19.4. The van der Waals surface area contributed by atoms with Crippen molar-refractivity contribution in [1.82, 2.24) is 10.2 Å². The first-order valence-corrected chi connectivity index (χ1v) is 2.90. The van der Waals surface area contributed by atoms with E-state index in [1.165, 1.54) is 0 Å². The molecule has 4 nitrogen and oxygen atoms in total. The highest BCUT2D eigenvalue weighted by Gasteiger charge is 2.31. The number of nitrogens with one attached hydrogen (secondary N) is 1. The molecular weight excluding hydrogens is 173 g/mol. The highest BCUT2D eigenvalue weighted by molar-refractivity contribution is 5.34. The lowest BCUT2D eigenvalue weighted by Crippen LogP contribution is -2.12. The zero-order valence-corrected chi connectivity index (χ0v) is 5.76. The van der Waals surface area contributed by atoms with Gasteiger partial charge in [0.2, 0.25) is 0 Å². The van der Waals surface area contributed by atoms with Crippen molar-refractivity contribution in [2.45, 2.75) is 6.18 Å². The molecule has 0 bridgehead atoms. The summed E-state index contributed by atoms with van der Waals surface area (Å²) in [5.74, 6) is 4.72. The van der Waals surface area contributed by atoms with Crippen LogP contribution in [0.25, 0.3) is 0 Å². The van der Waals surface area contributed by atoms with E-state index in [-0.39, 0.29) is 5.82 Å². The first-order chi connectivity index (χ1) is 5.54. The number of hydrogen-bond donors (Lipinski definition) is 2. The Bertz CT molecular complexity index is 272. The van der Waals surface area contributed by atoms with E-state index in [2.05, 4.69) is 10.2 Å². The maximum atomic E-state index is 12.0. The van der Waals surface area contributed by atoms with Gasteiger partial charge < -0.3 is 5.43 Å². The molecule has 0 aliphatic rings. The minimum atomic E-state index is -4.42. The van der Waals surface area contributed by atoms with Crippen LogP contribution in [-0.4, -0.2) is 10.2 Å². The van der Waals surface area contributed by atoms with E-state index in [0.29, 0.717) is 6.20 Å². The fourth-order valence-corrected chi connectivity index (χ4v) is 0.592. The van der Waals surface area contributed by atoms with Gasteiger partial charge in [0.1, 0.15) is 0 Å². The van der Waals surface area contributed by atoms with Crippen molar-refractivity contribution in [3.8, 4) is 0 Å². The number of halogens is 3. The standard InChI is InChI=1S/C5H5F3N4/c6-5(7,8)3-1-4(11-9)12-10-2-3/h1-2H,9H2,(H,11,12). The van der Waals surface area contributed by atoms with Crippen LogP contribution in [-0.2, 0) is 6.18 Å². The van der Waals surface area contributed by atoms with Gasteiger partial charge in [-0.05, 0) is 6.07 Å². The SMILES string of the molecule is NNc1cc(C(F)(F)F)cnn1. The van der Waals surface area contributed by atoms with Crippen LogP contribution in [0, 0.1) is 0 Å². The predicted octanol–water partition coefficient (Wildman–Crippen LogP) is 0.781. The van der Waals surface area contributed by atoms with Gasteiger partial charge in [-0.25, -0.2) is 5.84 Å². The number of hydrazine groups is 1. The molecule has 0 fully saturated rings. The van der Waals surface area contributed by atoms with Crippen molar-refractivity contribution in [3.63, 3.8) is 0 Å². The molecule has 0 aliphatic carbocycles. The van der Waals surface area contributed by atoms with E-state index in [4.69, 9.17) is 5.84 Å². The summed E-state index contributed by atoms with van der Waals surface area (Å²) >= 11 is 0. The molecule has 0 aromatic carbocycles. The molecule has 0 aliphatic heterocycles. The molecule has 3 N–H and O–H groups in total. The van der Waals surface area contributed by atoms with E-state index < -0.39 is 11.7 Å². The average Bonchev–Trinajstić information content (AvgIpc) is 2.03. The quantitative estimate of drug-likeness (QED) is 0.492. The third-order valence-electron chi connectivity index (χ3n) is 1.13. The molecule has 0 saturated heterocycles. The number of hydrogen-bond acceptors (Lipinski definition) is 4. The van der Waals surface area contributed by atoms with Crippen molar-refractivity contribution in [1.29, 1.82) is 0 Å². The lowest BCUT2D eigenvalue weighted by atomic mass is 10.3. The number of nitrogens with two attached hydrogens (primary N) is 1. The van der Waals surface area contributed by atoms with E-state index in [1.54, 1.807) is 0 Å². The molecule has 1 aromatic rings. The normalized spacial score (nSPS) is 11.3. The Morgan fingerprint density at radius 1 is 1.42 bits per heavy atom. The van der Waals surface area contributed by atoms with Gasteiger partial charge in [0.25, 0.3) is 0 Å². The minimum absolute atomic E-state index is 0.121. The molecule has 0 spiro atoms. The number of nitrogen functional groups attached to an aromatic ring is 1. The Kier molecular flexibility index (Phi) is 2.13. The molecule has 0 atom stereocenters. The Morgan fingerprint density at radius 2 is 2.08 bits per heavy atom. The van der Waals surface area contributed by atoms with Gasteiger partial charge >= 0.3 is 6.18 Å². The Hall–Kier alpha value is -1.37. The van der Waals surface area contributed by atoms with Crippen LogP contribution in [0.3, 0.4) is 0 Å². The number of alkyl halides is 3. The van der Waals surface area contributed by atoms with Crippen LogP contribution < -0.4 is 11.3 Å². The van der Waals surface area contributed by atoms with Crippen LogP contribution in [0.1, 0.15) is 5.56 Å². The largest absolute Gasteiger partial charge is 0.418 e. The van der Waals surface area contributed by atoms with Crippen LogP contribution in [0.4, 0.5) is 19.0 Å². The molecule has 0 unspecified atom stereocenters. The molecule has 0 amide bonds. The highest BCUT2D eigenvalue weighted by Crippen LogP contribution is 2.28. The summed E-state index contributed by atoms with van der Waals surface area (Å²) in [6, 6.07) is 0.771. The monoisotopic (exact) mass is 178 g/mol. The van der Waals surface area contributed by atoms with E-state index in [0.717, 1.165) is 6.07 Å². The summed E-state index contributed by atoms with van der Waals surface area (Å²) in [7, 11) is 0. The summed E-state index contributed by atoms with van der Waals surface area (Å²) in [5, 5.41) is 6.39. The average molecular weight is 178 g/mol. The van der Waals surface area contributed by atoms with Gasteiger partial charge in [-0.2, -0.15) is 18.3 Å². The Balaban J connectivity index is 3.02. The molecular formula is C5H5F3N4. The second-order valence-corrected chi connectivity index (χ2v) is 1.97. The third kappa shape index (κ3) is 1.82. The lowest BCUT2D eigenvalue weighted by molar-refractivity contribution is -0.137. The van der Waals surface area contributed by atoms with E-state index >= 15 is 0 Å². The first kappa shape index (κ1) is 8.72. The molecule has 1 aromatic heterocycles.